The number of carbonyl (C=O) groups excluding carboxylic acids is 1. The predicted molar refractivity (Wildman–Crippen MR) is 102 cm³/mol. The van der Waals surface area contributed by atoms with Crippen molar-refractivity contribution in [3.8, 4) is 17.2 Å². The molecule has 0 spiro atoms. The summed E-state index contributed by atoms with van der Waals surface area (Å²) in [6.07, 6.45) is 0. The van der Waals surface area contributed by atoms with Gasteiger partial charge in [-0.1, -0.05) is 18.2 Å². The third-order valence-corrected chi connectivity index (χ3v) is 4.43. The van der Waals surface area contributed by atoms with Gasteiger partial charge >= 0.3 is 5.97 Å². The minimum atomic E-state index is -1.08. The van der Waals surface area contributed by atoms with Crippen molar-refractivity contribution in [3.63, 3.8) is 0 Å². The number of hydrogen-bond acceptors (Lipinski definition) is 5. The molecule has 0 bridgehead atoms. The number of ether oxygens (including phenoxy) is 3. The van der Waals surface area contributed by atoms with Gasteiger partial charge in [-0.2, -0.15) is 0 Å². The number of nitrogens with zero attached hydrogens (tertiary/aromatic N) is 1. The molecule has 1 aliphatic heterocycles. The van der Waals surface area contributed by atoms with Crippen LogP contribution in [0.5, 0.6) is 17.2 Å². The molecule has 28 heavy (non-hydrogen) atoms. The van der Waals surface area contributed by atoms with E-state index in [9.17, 15) is 9.59 Å². The second kappa shape index (κ2) is 8.65. The SMILES string of the molecule is CCOc1cc(C(=O)N2Cc3ccccc3OCC2C)ccc1OCC(=O)O. The quantitative estimate of drug-likeness (QED) is 0.823. The maximum atomic E-state index is 13.2. The highest BCUT2D eigenvalue weighted by Crippen LogP contribution is 2.31. The Morgan fingerprint density at radius 1 is 1.18 bits per heavy atom. The highest BCUT2D eigenvalue weighted by atomic mass is 16.5. The Bertz CT molecular complexity index is 866. The van der Waals surface area contributed by atoms with Crippen LogP contribution in [0.15, 0.2) is 42.5 Å². The molecule has 0 fully saturated rings. The molecule has 1 amide bonds. The summed E-state index contributed by atoms with van der Waals surface area (Å²) in [6.45, 7) is 4.48. The lowest BCUT2D eigenvalue weighted by atomic mass is 10.1. The molecule has 0 saturated heterocycles. The van der Waals surface area contributed by atoms with E-state index in [1.54, 1.807) is 30.0 Å². The summed E-state index contributed by atoms with van der Waals surface area (Å²) >= 11 is 0. The van der Waals surface area contributed by atoms with Gasteiger partial charge in [0, 0.05) is 11.1 Å². The van der Waals surface area contributed by atoms with Crippen LogP contribution in [0.2, 0.25) is 0 Å². The second-order valence-corrected chi connectivity index (χ2v) is 6.48. The van der Waals surface area contributed by atoms with Crippen LogP contribution in [0.1, 0.15) is 29.8 Å². The largest absolute Gasteiger partial charge is 0.491 e. The zero-order chi connectivity index (χ0) is 20.1. The molecule has 1 heterocycles. The van der Waals surface area contributed by atoms with Gasteiger partial charge in [-0.25, -0.2) is 4.79 Å². The Labute approximate surface area is 163 Å². The maximum Gasteiger partial charge on any atom is 0.341 e. The molecule has 0 aliphatic carbocycles. The molecular formula is C21H23NO6. The molecule has 7 heteroatoms. The van der Waals surface area contributed by atoms with Gasteiger partial charge in [0.05, 0.1) is 19.2 Å². The van der Waals surface area contributed by atoms with Crippen molar-refractivity contribution >= 4 is 11.9 Å². The molecule has 1 atom stereocenters. The number of amides is 1. The third-order valence-electron chi connectivity index (χ3n) is 4.43. The standard InChI is InChI=1S/C21H23NO6/c1-3-26-19-10-15(8-9-18(19)28-13-20(23)24)21(25)22-11-16-6-4-5-7-17(16)27-12-14(22)2/h4-10,14H,3,11-13H2,1-2H3,(H,23,24). The van der Waals surface area contributed by atoms with Crippen molar-refractivity contribution in [2.24, 2.45) is 0 Å². The van der Waals surface area contributed by atoms with E-state index in [4.69, 9.17) is 19.3 Å². The number of hydrogen-bond donors (Lipinski definition) is 1. The van der Waals surface area contributed by atoms with E-state index in [-0.39, 0.29) is 11.9 Å². The first-order valence-electron chi connectivity index (χ1n) is 9.12. The molecule has 1 N–H and O–H groups in total. The van der Waals surface area contributed by atoms with Gasteiger partial charge in [-0.15, -0.1) is 0 Å². The average molecular weight is 385 g/mol. The Hall–Kier alpha value is -3.22. The Balaban J connectivity index is 1.86. The minimum Gasteiger partial charge on any atom is -0.491 e. The first-order chi connectivity index (χ1) is 13.5. The molecule has 148 valence electrons. The Morgan fingerprint density at radius 2 is 1.96 bits per heavy atom. The molecule has 0 radical (unpaired) electrons. The number of para-hydroxylation sites is 1. The molecular weight excluding hydrogens is 362 g/mol. The van der Waals surface area contributed by atoms with E-state index in [0.717, 1.165) is 11.3 Å². The summed E-state index contributed by atoms with van der Waals surface area (Å²) in [6, 6.07) is 12.3. The lowest BCUT2D eigenvalue weighted by Gasteiger charge is -2.26. The van der Waals surface area contributed by atoms with E-state index in [0.29, 0.717) is 36.8 Å². The van der Waals surface area contributed by atoms with E-state index in [1.165, 1.54) is 0 Å². The van der Waals surface area contributed by atoms with E-state index >= 15 is 0 Å². The summed E-state index contributed by atoms with van der Waals surface area (Å²) in [5, 5.41) is 8.81. The van der Waals surface area contributed by atoms with Crippen LogP contribution in [-0.2, 0) is 11.3 Å². The number of benzene rings is 2. The van der Waals surface area contributed by atoms with Crippen molar-refractivity contribution in [1.82, 2.24) is 4.90 Å². The van der Waals surface area contributed by atoms with Crippen molar-refractivity contribution in [1.29, 1.82) is 0 Å². The second-order valence-electron chi connectivity index (χ2n) is 6.48. The van der Waals surface area contributed by atoms with E-state index in [1.807, 2.05) is 31.2 Å². The van der Waals surface area contributed by atoms with Crippen molar-refractivity contribution in [3.05, 3.63) is 53.6 Å². The molecule has 0 saturated carbocycles. The number of fused-ring (bicyclic) bond motifs is 1. The molecule has 2 aromatic carbocycles. The van der Waals surface area contributed by atoms with Gasteiger partial charge < -0.3 is 24.2 Å². The third kappa shape index (κ3) is 4.36. The molecule has 7 nitrogen and oxygen atoms in total. The summed E-state index contributed by atoms with van der Waals surface area (Å²) in [5.41, 5.74) is 1.39. The van der Waals surface area contributed by atoms with Crippen LogP contribution in [-0.4, -0.2) is 47.7 Å². The van der Waals surface area contributed by atoms with Gasteiger partial charge in [0.15, 0.2) is 18.1 Å². The smallest absolute Gasteiger partial charge is 0.341 e. The highest BCUT2D eigenvalue weighted by molar-refractivity contribution is 5.95. The Morgan fingerprint density at radius 3 is 2.71 bits per heavy atom. The fraction of sp³-hybridized carbons (Fsp3) is 0.333. The minimum absolute atomic E-state index is 0.113. The van der Waals surface area contributed by atoms with Gasteiger partial charge in [-0.05, 0) is 38.1 Å². The summed E-state index contributed by atoms with van der Waals surface area (Å²) in [4.78, 5) is 25.7. The van der Waals surface area contributed by atoms with Gasteiger partial charge in [0.25, 0.3) is 5.91 Å². The summed E-state index contributed by atoms with van der Waals surface area (Å²) in [5.74, 6) is 0.183. The fourth-order valence-electron chi connectivity index (χ4n) is 3.02. The fourth-order valence-corrected chi connectivity index (χ4v) is 3.02. The van der Waals surface area contributed by atoms with Crippen LogP contribution in [0, 0.1) is 0 Å². The average Bonchev–Trinajstić information content (AvgIpc) is 2.86. The monoisotopic (exact) mass is 385 g/mol. The van der Waals surface area contributed by atoms with Crippen molar-refractivity contribution < 1.29 is 28.9 Å². The number of rotatable bonds is 6. The number of carboxylic acid groups (broad SMARTS) is 1. The van der Waals surface area contributed by atoms with Crippen molar-refractivity contribution in [2.75, 3.05) is 19.8 Å². The number of carbonyl (C=O) groups is 2. The number of aliphatic carboxylic acids is 1. The van der Waals surface area contributed by atoms with Gasteiger partial charge in [0.1, 0.15) is 12.4 Å². The maximum absolute atomic E-state index is 13.2. The zero-order valence-electron chi connectivity index (χ0n) is 15.9. The van der Waals surface area contributed by atoms with Crippen LogP contribution in [0.4, 0.5) is 0 Å². The van der Waals surface area contributed by atoms with Crippen LogP contribution in [0.3, 0.4) is 0 Å². The van der Waals surface area contributed by atoms with Crippen LogP contribution >= 0.6 is 0 Å². The first kappa shape index (κ1) is 19.5. The van der Waals surface area contributed by atoms with Crippen LogP contribution in [0.25, 0.3) is 0 Å². The van der Waals surface area contributed by atoms with E-state index in [2.05, 4.69) is 0 Å². The summed E-state index contributed by atoms with van der Waals surface area (Å²) in [7, 11) is 0. The normalized spacial score (nSPS) is 15.8. The number of carboxylic acids is 1. The van der Waals surface area contributed by atoms with Crippen molar-refractivity contribution in [2.45, 2.75) is 26.4 Å². The molecule has 0 aromatic heterocycles. The van der Waals surface area contributed by atoms with E-state index < -0.39 is 12.6 Å². The molecule has 1 unspecified atom stereocenters. The van der Waals surface area contributed by atoms with Gasteiger partial charge in [0.2, 0.25) is 0 Å². The Kier molecular flexibility index (Phi) is 6.03. The lowest BCUT2D eigenvalue weighted by molar-refractivity contribution is -0.139. The molecule has 2 aromatic rings. The molecule has 3 rings (SSSR count). The predicted octanol–water partition coefficient (Wildman–Crippen LogP) is 2.97. The lowest BCUT2D eigenvalue weighted by Crippen LogP contribution is -2.39. The van der Waals surface area contributed by atoms with Crippen LogP contribution < -0.4 is 14.2 Å². The highest BCUT2D eigenvalue weighted by Gasteiger charge is 2.27. The molecule has 1 aliphatic rings. The zero-order valence-corrected chi connectivity index (χ0v) is 15.9. The first-order valence-corrected chi connectivity index (χ1v) is 9.12. The van der Waals surface area contributed by atoms with Gasteiger partial charge in [-0.3, -0.25) is 4.79 Å². The summed E-state index contributed by atoms with van der Waals surface area (Å²) < 4.78 is 16.6. The topological polar surface area (TPSA) is 85.3 Å².